The highest BCUT2D eigenvalue weighted by atomic mass is 16.7. The van der Waals surface area contributed by atoms with E-state index in [9.17, 15) is 4.79 Å². The van der Waals surface area contributed by atoms with Gasteiger partial charge in [0.2, 0.25) is 12.7 Å². The fourth-order valence-corrected chi connectivity index (χ4v) is 4.33. The summed E-state index contributed by atoms with van der Waals surface area (Å²) < 4.78 is 12.9. The third kappa shape index (κ3) is 5.21. The van der Waals surface area contributed by atoms with E-state index in [1.807, 2.05) is 37.6 Å². The van der Waals surface area contributed by atoms with Gasteiger partial charge in [-0.3, -0.25) is 4.79 Å². The van der Waals surface area contributed by atoms with Crippen molar-refractivity contribution in [2.75, 3.05) is 31.7 Å². The number of fused-ring (bicyclic) bond motifs is 1. The van der Waals surface area contributed by atoms with Crippen LogP contribution in [0.1, 0.15) is 52.1 Å². The second-order valence-corrected chi connectivity index (χ2v) is 9.89. The number of ether oxygens (including phenoxy) is 2. The van der Waals surface area contributed by atoms with E-state index in [-0.39, 0.29) is 5.91 Å². The monoisotopic (exact) mass is 426 g/mol. The molecule has 1 aromatic heterocycles. The number of rotatable bonds is 6. The van der Waals surface area contributed by atoms with Crippen LogP contribution in [0.4, 0.5) is 5.82 Å². The molecule has 1 fully saturated rings. The van der Waals surface area contributed by atoms with Gasteiger partial charge in [-0.25, -0.2) is 4.68 Å². The third-order valence-electron chi connectivity index (χ3n) is 6.09. The quantitative estimate of drug-likeness (QED) is 0.753. The second kappa shape index (κ2) is 8.91. The Balaban J connectivity index is 1.27. The van der Waals surface area contributed by atoms with Crippen LogP contribution in [0.15, 0.2) is 30.5 Å². The van der Waals surface area contributed by atoms with E-state index in [1.165, 1.54) is 5.56 Å². The summed E-state index contributed by atoms with van der Waals surface area (Å²) in [5, 5.41) is 7.55. The predicted molar refractivity (Wildman–Crippen MR) is 120 cm³/mol. The standard InChI is InChI=1S/C24H34N4O3/c1-17(13-18-5-6-20-21(14-18)31-16-30-20)15-27-11-8-19(9-12-27)28-22(7-10-25-28)26-23(29)24(2,3)4/h5-7,10,14,17,19H,8-9,11-13,15-16H2,1-4H3,(H,26,29)/t17-/m1/s1. The van der Waals surface area contributed by atoms with Gasteiger partial charge in [0.25, 0.3) is 0 Å². The highest BCUT2D eigenvalue weighted by Gasteiger charge is 2.26. The highest BCUT2D eigenvalue weighted by Crippen LogP contribution is 2.33. The molecular formula is C24H34N4O3. The summed E-state index contributed by atoms with van der Waals surface area (Å²) in [6, 6.07) is 8.47. The van der Waals surface area contributed by atoms with Crippen molar-refractivity contribution in [3.8, 4) is 11.5 Å². The van der Waals surface area contributed by atoms with Crippen LogP contribution < -0.4 is 14.8 Å². The molecule has 3 heterocycles. The average Bonchev–Trinajstić information content (AvgIpc) is 3.36. The molecular weight excluding hydrogens is 392 g/mol. The third-order valence-corrected chi connectivity index (χ3v) is 6.09. The van der Waals surface area contributed by atoms with Gasteiger partial charge in [0.15, 0.2) is 11.5 Å². The number of hydrogen-bond acceptors (Lipinski definition) is 5. The molecule has 1 saturated heterocycles. The first-order valence-corrected chi connectivity index (χ1v) is 11.3. The zero-order valence-corrected chi connectivity index (χ0v) is 19.1. The average molecular weight is 427 g/mol. The normalized spacial score (nSPS) is 18.2. The van der Waals surface area contributed by atoms with E-state index < -0.39 is 5.41 Å². The number of piperidine rings is 1. The molecule has 1 amide bonds. The Hall–Kier alpha value is -2.54. The number of amides is 1. The van der Waals surface area contributed by atoms with Crippen LogP contribution in [-0.4, -0.2) is 47.0 Å². The van der Waals surface area contributed by atoms with Crippen molar-refractivity contribution in [3.05, 3.63) is 36.0 Å². The van der Waals surface area contributed by atoms with Gasteiger partial charge in [0.05, 0.1) is 12.2 Å². The maximum absolute atomic E-state index is 12.4. The number of nitrogens with zero attached hydrogens (tertiary/aromatic N) is 3. The topological polar surface area (TPSA) is 68.6 Å². The van der Waals surface area contributed by atoms with Gasteiger partial charge < -0.3 is 19.7 Å². The number of aromatic nitrogens is 2. The van der Waals surface area contributed by atoms with Gasteiger partial charge in [0, 0.05) is 31.1 Å². The van der Waals surface area contributed by atoms with E-state index in [4.69, 9.17) is 9.47 Å². The van der Waals surface area contributed by atoms with Crippen LogP contribution in [0.25, 0.3) is 0 Å². The molecule has 0 aliphatic carbocycles. The van der Waals surface area contributed by atoms with Crippen molar-refractivity contribution in [2.24, 2.45) is 11.3 Å². The first-order chi connectivity index (χ1) is 14.8. The fraction of sp³-hybridized carbons (Fsp3) is 0.583. The van der Waals surface area contributed by atoms with Crippen molar-refractivity contribution >= 4 is 11.7 Å². The van der Waals surface area contributed by atoms with Crippen molar-refractivity contribution in [2.45, 2.75) is 53.0 Å². The number of hydrogen-bond donors (Lipinski definition) is 1. The lowest BCUT2D eigenvalue weighted by molar-refractivity contribution is -0.123. The molecule has 0 saturated carbocycles. The van der Waals surface area contributed by atoms with Gasteiger partial charge in [-0.2, -0.15) is 5.10 Å². The van der Waals surface area contributed by atoms with Crippen LogP contribution in [0.3, 0.4) is 0 Å². The highest BCUT2D eigenvalue weighted by molar-refractivity contribution is 5.93. The van der Waals surface area contributed by atoms with Gasteiger partial charge in [-0.1, -0.05) is 33.8 Å². The smallest absolute Gasteiger partial charge is 0.231 e. The summed E-state index contributed by atoms with van der Waals surface area (Å²) in [5.74, 6) is 3.08. The lowest BCUT2D eigenvalue weighted by atomic mass is 9.96. The molecule has 7 heteroatoms. The summed E-state index contributed by atoms with van der Waals surface area (Å²) >= 11 is 0. The van der Waals surface area contributed by atoms with Crippen molar-refractivity contribution in [3.63, 3.8) is 0 Å². The van der Waals surface area contributed by atoms with Crippen LogP contribution in [0.5, 0.6) is 11.5 Å². The summed E-state index contributed by atoms with van der Waals surface area (Å²) in [7, 11) is 0. The first-order valence-electron chi connectivity index (χ1n) is 11.3. The minimum absolute atomic E-state index is 0.0176. The van der Waals surface area contributed by atoms with Crippen LogP contribution in [0, 0.1) is 11.3 Å². The molecule has 2 aromatic rings. The summed E-state index contributed by atoms with van der Waals surface area (Å²) in [6.45, 7) is 11.6. The molecule has 2 aliphatic heterocycles. The first kappa shape index (κ1) is 21.7. The SMILES string of the molecule is C[C@H](Cc1ccc2c(c1)OCO2)CN1CCC(n2nccc2NC(=O)C(C)(C)C)CC1. The van der Waals surface area contributed by atoms with Gasteiger partial charge in [-0.15, -0.1) is 0 Å². The van der Waals surface area contributed by atoms with Crippen LogP contribution in [0.2, 0.25) is 0 Å². The van der Waals surface area contributed by atoms with E-state index in [0.717, 1.165) is 56.2 Å². The number of benzene rings is 1. The van der Waals surface area contributed by atoms with Crippen molar-refractivity contribution in [1.82, 2.24) is 14.7 Å². The fourth-order valence-electron chi connectivity index (χ4n) is 4.33. The van der Waals surface area contributed by atoms with Crippen LogP contribution in [-0.2, 0) is 11.2 Å². The molecule has 1 atom stereocenters. The largest absolute Gasteiger partial charge is 0.454 e. The second-order valence-electron chi connectivity index (χ2n) is 9.89. The summed E-state index contributed by atoms with van der Waals surface area (Å²) in [5.41, 5.74) is 0.870. The maximum Gasteiger partial charge on any atom is 0.231 e. The van der Waals surface area contributed by atoms with E-state index >= 15 is 0 Å². The molecule has 168 valence electrons. The zero-order chi connectivity index (χ0) is 22.0. The molecule has 7 nitrogen and oxygen atoms in total. The number of nitrogens with one attached hydrogen (secondary N) is 1. The molecule has 31 heavy (non-hydrogen) atoms. The number of carbonyl (C=O) groups is 1. The summed E-state index contributed by atoms with van der Waals surface area (Å²) in [6.07, 6.45) is 4.88. The Bertz CT molecular complexity index is 910. The van der Waals surface area contributed by atoms with E-state index in [1.54, 1.807) is 6.20 Å². The number of anilines is 1. The molecule has 1 aromatic carbocycles. The molecule has 4 rings (SSSR count). The molecule has 1 N–H and O–H groups in total. The Morgan fingerprint density at radius 3 is 2.68 bits per heavy atom. The molecule has 0 unspecified atom stereocenters. The molecule has 0 bridgehead atoms. The van der Waals surface area contributed by atoms with Gasteiger partial charge in [0.1, 0.15) is 5.82 Å². The van der Waals surface area contributed by atoms with Gasteiger partial charge in [-0.05, 0) is 42.9 Å². The Kier molecular flexibility index (Phi) is 6.23. The molecule has 2 aliphatic rings. The maximum atomic E-state index is 12.4. The van der Waals surface area contributed by atoms with E-state index in [0.29, 0.717) is 18.8 Å². The Morgan fingerprint density at radius 2 is 1.94 bits per heavy atom. The Morgan fingerprint density at radius 1 is 1.19 bits per heavy atom. The molecule has 0 radical (unpaired) electrons. The molecule has 0 spiro atoms. The van der Waals surface area contributed by atoms with Crippen molar-refractivity contribution < 1.29 is 14.3 Å². The minimum atomic E-state index is -0.424. The number of likely N-dealkylation sites (tertiary alicyclic amines) is 1. The Labute approximate surface area is 184 Å². The van der Waals surface area contributed by atoms with Gasteiger partial charge >= 0.3 is 0 Å². The lowest BCUT2D eigenvalue weighted by Crippen LogP contribution is -2.38. The predicted octanol–water partition coefficient (Wildman–Crippen LogP) is 4.11. The lowest BCUT2D eigenvalue weighted by Gasteiger charge is -2.34. The van der Waals surface area contributed by atoms with Crippen LogP contribution >= 0.6 is 0 Å². The minimum Gasteiger partial charge on any atom is -0.454 e. The zero-order valence-electron chi connectivity index (χ0n) is 19.1. The van der Waals surface area contributed by atoms with Crippen molar-refractivity contribution in [1.29, 1.82) is 0 Å². The van der Waals surface area contributed by atoms with E-state index in [2.05, 4.69) is 34.4 Å². The number of carbonyl (C=O) groups excluding carboxylic acids is 1. The summed E-state index contributed by atoms with van der Waals surface area (Å²) in [4.78, 5) is 14.9.